The van der Waals surface area contributed by atoms with Crippen LogP contribution >= 0.6 is 0 Å². The van der Waals surface area contributed by atoms with Crippen LogP contribution in [0.3, 0.4) is 0 Å². The van der Waals surface area contributed by atoms with Crippen molar-refractivity contribution in [3.05, 3.63) is 59.9 Å². The van der Waals surface area contributed by atoms with Crippen LogP contribution in [0.2, 0.25) is 0 Å². The van der Waals surface area contributed by atoms with E-state index < -0.39 is 0 Å². The van der Waals surface area contributed by atoms with Gasteiger partial charge in [0.2, 0.25) is 11.8 Å². The van der Waals surface area contributed by atoms with Crippen LogP contribution in [0.15, 0.2) is 48.7 Å². The second-order valence-electron chi connectivity index (χ2n) is 13.5. The van der Waals surface area contributed by atoms with Gasteiger partial charge in [0.15, 0.2) is 0 Å². The van der Waals surface area contributed by atoms with Crippen LogP contribution < -0.4 is 0 Å². The van der Waals surface area contributed by atoms with Crippen molar-refractivity contribution in [3.63, 3.8) is 0 Å². The molecule has 0 bridgehead atoms. The minimum Gasteiger partial charge on any atom is -0.361 e. The van der Waals surface area contributed by atoms with Crippen LogP contribution in [0.5, 0.6) is 0 Å². The molecule has 242 valence electrons. The van der Waals surface area contributed by atoms with Crippen LogP contribution in [-0.4, -0.2) is 106 Å². The number of fused-ring (bicyclic) bond motifs is 1. The Hall–Kier alpha value is -3.98. The van der Waals surface area contributed by atoms with E-state index in [0.29, 0.717) is 32.2 Å². The van der Waals surface area contributed by atoms with Crippen molar-refractivity contribution in [2.24, 2.45) is 5.92 Å². The predicted molar refractivity (Wildman–Crippen MR) is 180 cm³/mol. The fourth-order valence-corrected chi connectivity index (χ4v) is 7.87. The molecule has 1 N–H and O–H groups in total. The van der Waals surface area contributed by atoms with Gasteiger partial charge in [-0.15, -0.1) is 0 Å². The Kier molecular flexibility index (Phi) is 8.93. The molecule has 1 aliphatic carbocycles. The molecule has 0 radical (unpaired) electrons. The zero-order valence-corrected chi connectivity index (χ0v) is 27.0. The van der Waals surface area contributed by atoms with E-state index in [4.69, 9.17) is 4.98 Å². The minimum absolute atomic E-state index is 0.0434. The fourth-order valence-electron chi connectivity index (χ4n) is 7.87. The van der Waals surface area contributed by atoms with E-state index in [1.165, 1.54) is 12.0 Å². The zero-order chi connectivity index (χ0) is 31.6. The SMILES string of the molecule is CC(=O)N1CCC(C(=O)N2CCC(N3CCN(C(=O)c4cc(C5=CCCCC5)nc(-c5ccc6[nH]ccc6c5)c4)CC3)CC2)CC1. The van der Waals surface area contributed by atoms with Gasteiger partial charge in [-0.3, -0.25) is 19.3 Å². The number of carbonyl (C=O) groups is 3. The first-order chi connectivity index (χ1) is 22.4. The summed E-state index contributed by atoms with van der Waals surface area (Å²) in [5.74, 6) is 0.499. The minimum atomic E-state index is 0.0434. The van der Waals surface area contributed by atoms with E-state index in [1.807, 2.05) is 28.1 Å². The van der Waals surface area contributed by atoms with Gasteiger partial charge in [0.05, 0.1) is 11.4 Å². The monoisotopic (exact) mass is 622 g/mol. The third-order valence-corrected chi connectivity index (χ3v) is 10.7. The number of nitrogens with one attached hydrogen (secondary N) is 1. The molecule has 0 unspecified atom stereocenters. The number of allylic oxidation sites excluding steroid dienone is 2. The Labute approximate surface area is 271 Å². The Balaban J connectivity index is 0.980. The van der Waals surface area contributed by atoms with Crippen LogP contribution in [0.4, 0.5) is 0 Å². The van der Waals surface area contributed by atoms with E-state index in [9.17, 15) is 14.4 Å². The van der Waals surface area contributed by atoms with Gasteiger partial charge in [0, 0.05) is 99.5 Å². The van der Waals surface area contributed by atoms with Crippen LogP contribution in [0.1, 0.15) is 74.3 Å². The van der Waals surface area contributed by atoms with E-state index in [1.54, 1.807) is 6.92 Å². The number of rotatable bonds is 5. The maximum atomic E-state index is 14.0. The molecule has 9 nitrogen and oxygen atoms in total. The normalized spacial score (nSPS) is 20.6. The summed E-state index contributed by atoms with van der Waals surface area (Å²) in [6.07, 6.45) is 12.2. The van der Waals surface area contributed by atoms with E-state index in [2.05, 4.69) is 45.1 Å². The summed E-state index contributed by atoms with van der Waals surface area (Å²) in [6.45, 7) is 7.70. The van der Waals surface area contributed by atoms with Gasteiger partial charge < -0.3 is 19.7 Å². The summed E-state index contributed by atoms with van der Waals surface area (Å²) in [5, 5.41) is 1.13. The highest BCUT2D eigenvalue weighted by atomic mass is 16.2. The highest BCUT2D eigenvalue weighted by molar-refractivity contribution is 5.96. The lowest BCUT2D eigenvalue weighted by molar-refractivity contribution is -0.141. The number of carbonyl (C=O) groups excluding carboxylic acids is 3. The highest BCUT2D eigenvalue weighted by Crippen LogP contribution is 2.31. The first kappa shape index (κ1) is 30.7. The largest absolute Gasteiger partial charge is 0.361 e. The third-order valence-electron chi connectivity index (χ3n) is 10.7. The quantitative estimate of drug-likeness (QED) is 0.423. The average Bonchev–Trinajstić information content (AvgIpc) is 3.60. The molecule has 3 fully saturated rings. The Bertz CT molecular complexity index is 1620. The van der Waals surface area contributed by atoms with E-state index >= 15 is 0 Å². The van der Waals surface area contributed by atoms with Crippen molar-refractivity contribution in [1.29, 1.82) is 0 Å². The second kappa shape index (κ2) is 13.4. The molecular weight excluding hydrogens is 576 g/mol. The molecule has 46 heavy (non-hydrogen) atoms. The Morgan fingerprint density at radius 1 is 0.783 bits per heavy atom. The summed E-state index contributed by atoms with van der Waals surface area (Å²) in [5.41, 5.74) is 5.86. The number of piperidine rings is 2. The number of aromatic amines is 1. The van der Waals surface area contributed by atoms with Gasteiger partial charge in [-0.25, -0.2) is 4.98 Å². The molecule has 7 rings (SSSR count). The predicted octanol–water partition coefficient (Wildman–Crippen LogP) is 5.19. The van der Waals surface area contributed by atoms with Crippen molar-refractivity contribution in [2.75, 3.05) is 52.4 Å². The zero-order valence-electron chi connectivity index (χ0n) is 27.0. The number of hydrogen-bond acceptors (Lipinski definition) is 5. The lowest BCUT2D eigenvalue weighted by atomic mass is 9.93. The molecule has 5 heterocycles. The smallest absolute Gasteiger partial charge is 0.254 e. The highest BCUT2D eigenvalue weighted by Gasteiger charge is 2.34. The molecule has 2 aromatic heterocycles. The van der Waals surface area contributed by atoms with Gasteiger partial charge in [-0.1, -0.05) is 12.1 Å². The lowest BCUT2D eigenvalue weighted by Crippen LogP contribution is -2.55. The number of benzene rings is 1. The number of hydrogen-bond donors (Lipinski definition) is 1. The van der Waals surface area contributed by atoms with Crippen molar-refractivity contribution < 1.29 is 14.4 Å². The van der Waals surface area contributed by atoms with E-state index in [-0.39, 0.29) is 23.6 Å². The molecule has 4 aliphatic rings. The number of nitrogens with zero attached hydrogens (tertiary/aromatic N) is 5. The van der Waals surface area contributed by atoms with Gasteiger partial charge in [-0.05, 0) is 87.3 Å². The number of likely N-dealkylation sites (tertiary alicyclic amines) is 2. The number of piperazine rings is 1. The first-order valence-electron chi connectivity index (χ1n) is 17.3. The number of amides is 3. The summed E-state index contributed by atoms with van der Waals surface area (Å²) in [4.78, 5) is 55.6. The second-order valence-corrected chi connectivity index (χ2v) is 13.5. The van der Waals surface area contributed by atoms with Crippen LogP contribution in [0.25, 0.3) is 27.7 Å². The lowest BCUT2D eigenvalue weighted by Gasteiger charge is -2.43. The van der Waals surface area contributed by atoms with Crippen molar-refractivity contribution in [1.82, 2.24) is 29.6 Å². The van der Waals surface area contributed by atoms with Crippen LogP contribution in [-0.2, 0) is 9.59 Å². The molecule has 1 aromatic carbocycles. The molecular formula is C37H46N6O3. The molecule has 0 spiro atoms. The van der Waals surface area contributed by atoms with Crippen molar-refractivity contribution >= 4 is 34.2 Å². The number of aromatic nitrogens is 2. The molecule has 3 aliphatic heterocycles. The van der Waals surface area contributed by atoms with Gasteiger partial charge >= 0.3 is 0 Å². The Morgan fingerprint density at radius 3 is 2.24 bits per heavy atom. The maximum absolute atomic E-state index is 14.0. The first-order valence-corrected chi connectivity index (χ1v) is 17.3. The average molecular weight is 623 g/mol. The number of pyridine rings is 1. The van der Waals surface area contributed by atoms with Gasteiger partial charge in [0.1, 0.15) is 0 Å². The molecule has 3 amide bonds. The third kappa shape index (κ3) is 6.47. The summed E-state index contributed by atoms with van der Waals surface area (Å²) >= 11 is 0. The molecule has 0 saturated carbocycles. The summed E-state index contributed by atoms with van der Waals surface area (Å²) < 4.78 is 0. The molecule has 3 aromatic rings. The standard InChI is InChI=1S/C37H46N6O3/c1-26(44)40-15-10-28(11-16-40)36(45)42-17-12-32(13-18-42)41-19-21-43(22-20-41)37(46)31-24-34(27-5-3-2-4-6-27)39-35(25-31)29-7-8-33-30(23-29)9-14-38-33/h5,7-9,14,23-25,28,32,38H,2-4,6,10-13,15-22H2,1H3. The molecule has 0 atom stereocenters. The summed E-state index contributed by atoms with van der Waals surface area (Å²) in [6, 6.07) is 12.8. The van der Waals surface area contributed by atoms with Crippen molar-refractivity contribution in [3.8, 4) is 11.3 Å². The van der Waals surface area contributed by atoms with Gasteiger partial charge in [-0.2, -0.15) is 0 Å². The van der Waals surface area contributed by atoms with Crippen molar-refractivity contribution in [2.45, 2.75) is 64.3 Å². The molecule has 3 saturated heterocycles. The fraction of sp³-hybridized carbons (Fsp3) is 0.514. The van der Waals surface area contributed by atoms with E-state index in [0.717, 1.165) is 105 Å². The Morgan fingerprint density at radius 2 is 1.52 bits per heavy atom. The van der Waals surface area contributed by atoms with Crippen LogP contribution in [0, 0.1) is 5.92 Å². The maximum Gasteiger partial charge on any atom is 0.254 e. The molecule has 9 heteroatoms. The number of H-pyrrole nitrogens is 1. The topological polar surface area (TPSA) is 92.9 Å². The summed E-state index contributed by atoms with van der Waals surface area (Å²) in [7, 11) is 0. The van der Waals surface area contributed by atoms with Gasteiger partial charge in [0.25, 0.3) is 5.91 Å².